The summed E-state index contributed by atoms with van der Waals surface area (Å²) in [6, 6.07) is 11.1. The molecule has 2 aliphatic rings. The molecule has 3 rings (SSSR count). The predicted octanol–water partition coefficient (Wildman–Crippen LogP) is 2.40. The summed E-state index contributed by atoms with van der Waals surface area (Å²) in [6.07, 6.45) is 1.15. The summed E-state index contributed by atoms with van der Waals surface area (Å²) >= 11 is 0. The van der Waals surface area contributed by atoms with Crippen molar-refractivity contribution in [2.45, 2.75) is 26.3 Å². The molecule has 2 heterocycles. The van der Waals surface area contributed by atoms with Crippen molar-refractivity contribution in [1.82, 2.24) is 0 Å². The molecule has 1 aromatic carbocycles. The quantitative estimate of drug-likeness (QED) is 0.745. The Morgan fingerprint density at radius 2 is 1.70 bits per heavy atom. The number of benzene rings is 1. The van der Waals surface area contributed by atoms with Gasteiger partial charge in [0.1, 0.15) is 6.04 Å². The molecule has 1 aromatic rings. The number of nitrogens with zero attached hydrogens (tertiary/aromatic N) is 1. The zero-order chi connectivity index (χ0) is 14.4. The Morgan fingerprint density at radius 3 is 2.30 bits per heavy atom. The Kier molecular flexibility index (Phi) is 3.22. The van der Waals surface area contributed by atoms with E-state index in [1.54, 1.807) is 0 Å². The van der Waals surface area contributed by atoms with Gasteiger partial charge in [-0.1, -0.05) is 44.2 Å². The van der Waals surface area contributed by atoms with Gasteiger partial charge in [0.05, 0.1) is 31.1 Å². The summed E-state index contributed by atoms with van der Waals surface area (Å²) in [4.78, 5) is 0. The number of sulfone groups is 1. The van der Waals surface area contributed by atoms with Crippen LogP contribution in [0.15, 0.2) is 30.3 Å². The van der Waals surface area contributed by atoms with Crippen molar-refractivity contribution in [3.8, 4) is 0 Å². The maximum atomic E-state index is 11.8. The van der Waals surface area contributed by atoms with E-state index < -0.39 is 9.84 Å². The van der Waals surface area contributed by atoms with Crippen molar-refractivity contribution in [1.29, 1.82) is 0 Å². The van der Waals surface area contributed by atoms with Crippen LogP contribution < -0.4 is 0 Å². The normalized spacial score (nSPS) is 30.4. The van der Waals surface area contributed by atoms with E-state index >= 15 is 0 Å². The van der Waals surface area contributed by atoms with Gasteiger partial charge in [-0.05, 0) is 0 Å². The lowest BCUT2D eigenvalue weighted by Gasteiger charge is -2.43. The molecule has 2 aliphatic heterocycles. The van der Waals surface area contributed by atoms with Crippen molar-refractivity contribution < 1.29 is 12.9 Å². The zero-order valence-corrected chi connectivity index (χ0v) is 13.2. The summed E-state index contributed by atoms with van der Waals surface area (Å²) in [7, 11) is -2.80. The average molecular weight is 294 g/mol. The van der Waals surface area contributed by atoms with E-state index in [0.29, 0.717) is 23.0 Å². The first kappa shape index (κ1) is 14.1. The number of rotatable bonds is 1. The van der Waals surface area contributed by atoms with Crippen molar-refractivity contribution in [3.63, 3.8) is 0 Å². The van der Waals surface area contributed by atoms with Crippen LogP contribution in [0.2, 0.25) is 0 Å². The molecule has 2 saturated heterocycles. The SMILES string of the molecule is CC1(C)CC(c2ccccc2)[N+]2(CCS(=O)(=O)CC2)C1. The van der Waals surface area contributed by atoms with Crippen LogP contribution in [0.1, 0.15) is 31.9 Å². The lowest BCUT2D eigenvalue weighted by molar-refractivity contribution is -0.944. The highest BCUT2D eigenvalue weighted by molar-refractivity contribution is 7.91. The van der Waals surface area contributed by atoms with E-state index in [1.807, 2.05) is 0 Å². The van der Waals surface area contributed by atoms with Gasteiger partial charge < -0.3 is 4.48 Å². The lowest BCUT2D eigenvalue weighted by atomic mass is 9.89. The average Bonchev–Trinajstić information content (AvgIpc) is 2.67. The van der Waals surface area contributed by atoms with E-state index in [0.717, 1.165) is 30.5 Å². The third-order valence-corrected chi connectivity index (χ3v) is 6.64. The van der Waals surface area contributed by atoms with Gasteiger partial charge >= 0.3 is 0 Å². The summed E-state index contributed by atoms with van der Waals surface area (Å²) in [6.45, 7) is 7.30. The lowest BCUT2D eigenvalue weighted by Crippen LogP contribution is -2.56. The molecular formula is C16H24NO2S+. The minimum absolute atomic E-state index is 0.293. The van der Waals surface area contributed by atoms with Crippen LogP contribution in [0.25, 0.3) is 0 Å². The number of quaternary nitrogens is 1. The summed E-state index contributed by atoms with van der Waals surface area (Å²) in [5.74, 6) is 0.707. The molecule has 0 saturated carbocycles. The number of hydrogen-bond acceptors (Lipinski definition) is 2. The molecule has 0 aliphatic carbocycles. The summed E-state index contributed by atoms with van der Waals surface area (Å²) < 4.78 is 24.5. The molecule has 0 radical (unpaired) electrons. The van der Waals surface area contributed by atoms with Crippen molar-refractivity contribution in [2.75, 3.05) is 31.1 Å². The predicted molar refractivity (Wildman–Crippen MR) is 81.1 cm³/mol. The van der Waals surface area contributed by atoms with Gasteiger partial charge in [-0.2, -0.15) is 0 Å². The second-order valence-corrected chi connectivity index (χ2v) is 9.57. The van der Waals surface area contributed by atoms with Crippen LogP contribution in [-0.4, -0.2) is 44.0 Å². The first-order valence-corrected chi connectivity index (χ1v) is 9.25. The fourth-order valence-electron chi connectivity index (χ4n) is 4.18. The van der Waals surface area contributed by atoms with Gasteiger partial charge in [0, 0.05) is 17.4 Å². The first-order valence-electron chi connectivity index (χ1n) is 7.43. The fourth-order valence-corrected chi connectivity index (χ4v) is 5.67. The first-order chi connectivity index (χ1) is 9.32. The second kappa shape index (κ2) is 4.57. The minimum atomic E-state index is -2.80. The van der Waals surface area contributed by atoms with Gasteiger partial charge in [0.15, 0.2) is 9.84 Å². The molecule has 20 heavy (non-hydrogen) atoms. The zero-order valence-electron chi connectivity index (χ0n) is 12.4. The van der Waals surface area contributed by atoms with Gasteiger partial charge in [-0.3, -0.25) is 0 Å². The van der Waals surface area contributed by atoms with Crippen LogP contribution in [-0.2, 0) is 9.84 Å². The van der Waals surface area contributed by atoms with Crippen molar-refractivity contribution >= 4 is 9.84 Å². The van der Waals surface area contributed by atoms with E-state index in [2.05, 4.69) is 44.2 Å². The standard InChI is InChI=1S/C16H24NO2S/c1-16(2)12-15(14-6-4-3-5-7-14)17(13-16)8-10-20(18,19)11-9-17/h3-7,15H,8-13H2,1-2H3/q+1. The topological polar surface area (TPSA) is 34.1 Å². The number of hydrogen-bond donors (Lipinski definition) is 0. The molecule has 110 valence electrons. The molecule has 2 fully saturated rings. The molecule has 0 bridgehead atoms. The monoisotopic (exact) mass is 294 g/mol. The smallest absolute Gasteiger partial charge is 0.161 e. The van der Waals surface area contributed by atoms with E-state index in [4.69, 9.17) is 0 Å². The summed E-state index contributed by atoms with van der Waals surface area (Å²) in [5.41, 5.74) is 1.67. The van der Waals surface area contributed by atoms with Gasteiger partial charge in [0.2, 0.25) is 0 Å². The molecule has 3 nitrogen and oxygen atoms in total. The van der Waals surface area contributed by atoms with Crippen LogP contribution in [0, 0.1) is 5.41 Å². The van der Waals surface area contributed by atoms with Crippen LogP contribution in [0.4, 0.5) is 0 Å². The van der Waals surface area contributed by atoms with Crippen LogP contribution in [0.5, 0.6) is 0 Å². The van der Waals surface area contributed by atoms with Gasteiger partial charge in [0.25, 0.3) is 0 Å². The Morgan fingerprint density at radius 1 is 1.10 bits per heavy atom. The van der Waals surface area contributed by atoms with Crippen molar-refractivity contribution in [3.05, 3.63) is 35.9 Å². The molecule has 0 aromatic heterocycles. The van der Waals surface area contributed by atoms with E-state index in [-0.39, 0.29) is 0 Å². The Bertz CT molecular complexity index is 578. The molecule has 1 atom stereocenters. The Hall–Kier alpha value is -0.870. The minimum Gasteiger partial charge on any atom is -0.315 e. The highest BCUT2D eigenvalue weighted by Crippen LogP contribution is 2.48. The van der Waals surface area contributed by atoms with Crippen molar-refractivity contribution in [2.24, 2.45) is 5.41 Å². The third kappa shape index (κ3) is 2.51. The molecule has 1 unspecified atom stereocenters. The molecule has 0 amide bonds. The molecule has 4 heteroatoms. The molecule has 1 spiro atoms. The van der Waals surface area contributed by atoms with E-state index in [1.165, 1.54) is 5.56 Å². The van der Waals surface area contributed by atoms with Gasteiger partial charge in [-0.25, -0.2) is 8.42 Å². The molecular weight excluding hydrogens is 270 g/mol. The second-order valence-electron chi connectivity index (χ2n) is 7.27. The van der Waals surface area contributed by atoms with Crippen LogP contribution >= 0.6 is 0 Å². The highest BCUT2D eigenvalue weighted by Gasteiger charge is 2.53. The largest absolute Gasteiger partial charge is 0.315 e. The maximum absolute atomic E-state index is 11.8. The maximum Gasteiger partial charge on any atom is 0.161 e. The molecule has 0 N–H and O–H groups in total. The van der Waals surface area contributed by atoms with Gasteiger partial charge in [-0.15, -0.1) is 0 Å². The van der Waals surface area contributed by atoms with Crippen LogP contribution in [0.3, 0.4) is 0 Å². The Balaban J connectivity index is 1.95. The van der Waals surface area contributed by atoms with E-state index in [9.17, 15) is 8.42 Å². The fraction of sp³-hybridized carbons (Fsp3) is 0.625. The third-order valence-electron chi connectivity index (χ3n) is 5.03. The summed E-state index contributed by atoms with van der Waals surface area (Å²) in [5, 5.41) is 0. The Labute approximate surface area is 122 Å². The highest BCUT2D eigenvalue weighted by atomic mass is 32.2.